The van der Waals surface area contributed by atoms with Crippen molar-refractivity contribution in [3.8, 4) is 0 Å². The van der Waals surface area contributed by atoms with E-state index in [1.54, 1.807) is 0 Å². The number of rotatable bonds is 0. The molecule has 0 radical (unpaired) electrons. The highest BCUT2D eigenvalue weighted by molar-refractivity contribution is 5.88. The van der Waals surface area contributed by atoms with Crippen LogP contribution in [0, 0.1) is 0 Å². The van der Waals surface area contributed by atoms with Gasteiger partial charge in [-0.05, 0) is 68.1 Å². The molecule has 2 heterocycles. The van der Waals surface area contributed by atoms with Crippen molar-refractivity contribution in [2.45, 2.75) is 12.1 Å². The molecule has 2 nitrogen and oxygen atoms in total. The maximum Gasteiger partial charge on any atom is 0.122 e. The Balaban J connectivity index is 1.68. The molecule has 0 N–H and O–H groups in total. The third-order valence-corrected chi connectivity index (χ3v) is 5.38. The Labute approximate surface area is 139 Å². The lowest BCUT2D eigenvalue weighted by molar-refractivity contribution is 0.599. The van der Waals surface area contributed by atoms with Crippen LogP contribution in [0.3, 0.4) is 0 Å². The van der Waals surface area contributed by atoms with Gasteiger partial charge in [0.2, 0.25) is 0 Å². The van der Waals surface area contributed by atoms with E-state index in [0.29, 0.717) is 0 Å². The van der Waals surface area contributed by atoms with Crippen molar-refractivity contribution < 1.29 is 0 Å². The third-order valence-electron chi connectivity index (χ3n) is 5.38. The highest BCUT2D eigenvalue weighted by Gasteiger charge is 2.36. The molecule has 2 aliphatic heterocycles. The summed E-state index contributed by atoms with van der Waals surface area (Å²) in [5.41, 5.74) is 5.26. The van der Waals surface area contributed by atoms with Crippen molar-refractivity contribution in [3.05, 3.63) is 95.1 Å². The summed E-state index contributed by atoms with van der Waals surface area (Å²) < 4.78 is 0. The second-order valence-electron chi connectivity index (χ2n) is 6.69. The Morgan fingerprint density at radius 2 is 0.750 bits per heavy atom. The van der Waals surface area contributed by atoms with Crippen LogP contribution in [0.15, 0.2) is 83.0 Å². The summed E-state index contributed by atoms with van der Waals surface area (Å²) in [6.07, 6.45) is 0. The minimum absolute atomic E-state index is 0.0363. The molecule has 0 saturated carbocycles. The highest BCUT2D eigenvalue weighted by atomic mass is 15.2. The Morgan fingerprint density at radius 1 is 0.458 bits per heavy atom. The topological polar surface area (TPSA) is 24.7 Å². The molecular weight excluding hydrogens is 292 g/mol. The van der Waals surface area contributed by atoms with Gasteiger partial charge in [0.15, 0.2) is 0 Å². The molecular formula is C22H14N2. The van der Waals surface area contributed by atoms with Crippen LogP contribution in [0.1, 0.15) is 34.3 Å². The van der Waals surface area contributed by atoms with Crippen LogP contribution in [0.25, 0.3) is 21.5 Å². The molecule has 0 atom stereocenters. The first-order valence-corrected chi connectivity index (χ1v) is 8.34. The predicted molar refractivity (Wildman–Crippen MR) is 96.4 cm³/mol. The van der Waals surface area contributed by atoms with Crippen LogP contribution >= 0.6 is 0 Å². The maximum absolute atomic E-state index is 4.62. The normalized spacial score (nSPS) is 20.3. The van der Waals surface area contributed by atoms with Gasteiger partial charge in [-0.1, -0.05) is 48.5 Å². The van der Waals surface area contributed by atoms with E-state index in [9.17, 15) is 0 Å². The number of hydrogen-bond acceptors (Lipinski definition) is 2. The highest BCUT2D eigenvalue weighted by Crippen LogP contribution is 2.50. The van der Waals surface area contributed by atoms with Crippen LogP contribution in [0.5, 0.6) is 0 Å². The lowest BCUT2D eigenvalue weighted by atomic mass is 9.77. The average molecular weight is 306 g/mol. The van der Waals surface area contributed by atoms with E-state index in [2.05, 4.69) is 83.0 Å². The first-order valence-electron chi connectivity index (χ1n) is 8.34. The molecule has 4 aromatic rings. The molecule has 0 amide bonds. The molecule has 0 saturated heterocycles. The van der Waals surface area contributed by atoms with E-state index >= 15 is 0 Å². The fourth-order valence-electron chi connectivity index (χ4n) is 4.22. The SMILES string of the molecule is c1ccc2cc3c(cc2c1)C1N=NC3c2cc3ccccc3cc21. The summed E-state index contributed by atoms with van der Waals surface area (Å²) in [5, 5.41) is 14.4. The number of nitrogens with zero attached hydrogens (tertiary/aromatic N) is 2. The van der Waals surface area contributed by atoms with Gasteiger partial charge in [-0.25, -0.2) is 0 Å². The van der Waals surface area contributed by atoms with Crippen LogP contribution in [0.4, 0.5) is 0 Å². The van der Waals surface area contributed by atoms with Gasteiger partial charge >= 0.3 is 0 Å². The number of hydrogen-bond donors (Lipinski definition) is 0. The Hall–Kier alpha value is -3.00. The minimum atomic E-state index is 0.0363. The second-order valence-corrected chi connectivity index (χ2v) is 6.69. The van der Waals surface area contributed by atoms with Gasteiger partial charge in [-0.15, -0.1) is 0 Å². The van der Waals surface area contributed by atoms with Gasteiger partial charge in [0.05, 0.1) is 0 Å². The molecule has 0 fully saturated rings. The molecule has 2 heteroatoms. The summed E-state index contributed by atoms with van der Waals surface area (Å²) in [7, 11) is 0. The predicted octanol–water partition coefficient (Wildman–Crippen LogP) is 5.95. The first-order chi connectivity index (χ1) is 11.9. The van der Waals surface area contributed by atoms with E-state index in [4.69, 9.17) is 0 Å². The lowest BCUT2D eigenvalue weighted by Crippen LogP contribution is -2.20. The van der Waals surface area contributed by atoms with Crippen molar-refractivity contribution in [2.24, 2.45) is 10.2 Å². The fraction of sp³-hybridized carbons (Fsp3) is 0.0909. The minimum Gasteiger partial charge on any atom is -0.180 e. The van der Waals surface area contributed by atoms with Crippen LogP contribution in [-0.4, -0.2) is 0 Å². The van der Waals surface area contributed by atoms with Gasteiger partial charge < -0.3 is 0 Å². The average Bonchev–Trinajstić information content (AvgIpc) is 2.65. The van der Waals surface area contributed by atoms with Crippen LogP contribution in [0.2, 0.25) is 0 Å². The molecule has 24 heavy (non-hydrogen) atoms. The van der Waals surface area contributed by atoms with Crippen molar-refractivity contribution in [2.75, 3.05) is 0 Å². The standard InChI is InChI=1S/C22H14N2/c1-2-6-14-10-18-17(9-13(14)5-1)21-19-11-15-7-3-4-8-16(15)12-20(19)22(18)24-23-21/h1-12,21-22H. The summed E-state index contributed by atoms with van der Waals surface area (Å²) >= 11 is 0. The quantitative estimate of drug-likeness (QED) is 0.383. The Bertz CT molecular complexity index is 995. The van der Waals surface area contributed by atoms with Crippen LogP contribution in [-0.2, 0) is 0 Å². The van der Waals surface area contributed by atoms with Gasteiger partial charge in [-0.2, -0.15) is 10.2 Å². The molecule has 3 aliphatic rings. The first kappa shape index (κ1) is 12.4. The Kier molecular flexibility index (Phi) is 2.22. The van der Waals surface area contributed by atoms with Crippen molar-refractivity contribution in [1.82, 2.24) is 0 Å². The molecule has 0 unspecified atom stereocenters. The molecule has 7 rings (SSSR count). The smallest absolute Gasteiger partial charge is 0.122 e. The van der Waals surface area contributed by atoms with E-state index in [0.717, 1.165) is 0 Å². The largest absolute Gasteiger partial charge is 0.180 e. The molecule has 1 aliphatic carbocycles. The summed E-state index contributed by atoms with van der Waals surface area (Å²) in [6, 6.07) is 26.4. The molecule has 4 aromatic carbocycles. The Morgan fingerprint density at radius 3 is 1.04 bits per heavy atom. The van der Waals surface area contributed by atoms with Gasteiger partial charge in [0, 0.05) is 0 Å². The summed E-state index contributed by atoms with van der Waals surface area (Å²) in [5.74, 6) is 0. The fourth-order valence-corrected chi connectivity index (χ4v) is 4.22. The summed E-state index contributed by atoms with van der Waals surface area (Å²) in [4.78, 5) is 0. The van der Waals surface area contributed by atoms with Crippen molar-refractivity contribution in [3.63, 3.8) is 0 Å². The molecule has 0 spiro atoms. The zero-order chi connectivity index (χ0) is 15.7. The van der Waals surface area contributed by atoms with E-state index in [1.807, 2.05) is 0 Å². The van der Waals surface area contributed by atoms with Gasteiger partial charge in [0.25, 0.3) is 0 Å². The third kappa shape index (κ3) is 1.50. The molecule has 112 valence electrons. The van der Waals surface area contributed by atoms with E-state index in [-0.39, 0.29) is 12.1 Å². The monoisotopic (exact) mass is 306 g/mol. The van der Waals surface area contributed by atoms with Gasteiger partial charge in [0.1, 0.15) is 12.1 Å². The summed E-state index contributed by atoms with van der Waals surface area (Å²) in [6.45, 7) is 0. The number of azo groups is 1. The van der Waals surface area contributed by atoms with Crippen molar-refractivity contribution >= 4 is 21.5 Å². The number of benzene rings is 4. The lowest BCUT2D eigenvalue weighted by Gasteiger charge is -2.34. The van der Waals surface area contributed by atoms with Crippen LogP contribution < -0.4 is 0 Å². The zero-order valence-electron chi connectivity index (χ0n) is 13.0. The maximum atomic E-state index is 4.62. The zero-order valence-corrected chi connectivity index (χ0v) is 13.0. The van der Waals surface area contributed by atoms with Gasteiger partial charge in [-0.3, -0.25) is 0 Å². The molecule has 2 bridgehead atoms. The van der Waals surface area contributed by atoms with E-state index in [1.165, 1.54) is 43.8 Å². The molecule has 0 aromatic heterocycles. The van der Waals surface area contributed by atoms with Crippen molar-refractivity contribution in [1.29, 1.82) is 0 Å². The number of fused-ring (bicyclic) bond motifs is 2. The van der Waals surface area contributed by atoms with E-state index < -0.39 is 0 Å². The second kappa shape index (κ2) is 4.30.